The maximum atomic E-state index is 8.99. The molecule has 6 rings (SSSR count). The minimum absolute atomic E-state index is 0.296. The lowest BCUT2D eigenvalue weighted by Gasteiger charge is -2.42. The molecular formula is C28H34N8. The van der Waals surface area contributed by atoms with Crippen LogP contribution in [0.4, 0.5) is 17.6 Å². The Morgan fingerprint density at radius 1 is 0.806 bits per heavy atom. The highest BCUT2D eigenvalue weighted by Crippen LogP contribution is 2.36. The van der Waals surface area contributed by atoms with E-state index in [1.807, 2.05) is 12.1 Å². The molecule has 0 bridgehead atoms. The van der Waals surface area contributed by atoms with Gasteiger partial charge in [-0.25, -0.2) is 0 Å². The van der Waals surface area contributed by atoms with E-state index in [9.17, 15) is 0 Å². The van der Waals surface area contributed by atoms with Crippen LogP contribution in [-0.2, 0) is 0 Å². The SMILES string of the molecule is N#Cc1ccc(-n2nc(Nc3ccc(C4CCC(N5CCN(C6CC6)CC5)CC4)cc3)nc2N)cc1. The van der Waals surface area contributed by atoms with Crippen LogP contribution in [0.3, 0.4) is 0 Å². The maximum absolute atomic E-state index is 8.99. The van der Waals surface area contributed by atoms with Crippen LogP contribution in [0.2, 0.25) is 0 Å². The van der Waals surface area contributed by atoms with Crippen molar-refractivity contribution in [2.75, 3.05) is 37.2 Å². The first kappa shape index (κ1) is 23.0. The Hall–Kier alpha value is -3.41. The van der Waals surface area contributed by atoms with Crippen molar-refractivity contribution in [3.63, 3.8) is 0 Å². The average Bonchev–Trinajstić information content (AvgIpc) is 3.72. The van der Waals surface area contributed by atoms with E-state index in [-0.39, 0.29) is 0 Å². The van der Waals surface area contributed by atoms with Crippen LogP contribution in [0.5, 0.6) is 0 Å². The number of aromatic nitrogens is 3. The molecule has 0 spiro atoms. The van der Waals surface area contributed by atoms with Crippen LogP contribution >= 0.6 is 0 Å². The van der Waals surface area contributed by atoms with Crippen molar-refractivity contribution in [3.8, 4) is 11.8 Å². The smallest absolute Gasteiger partial charge is 0.248 e. The number of benzene rings is 2. The highest BCUT2D eigenvalue weighted by atomic mass is 15.4. The number of hydrogen-bond acceptors (Lipinski definition) is 7. The van der Waals surface area contributed by atoms with Gasteiger partial charge in [-0.2, -0.15) is 14.9 Å². The Kier molecular flexibility index (Phi) is 6.34. The van der Waals surface area contributed by atoms with Gasteiger partial charge in [0.2, 0.25) is 11.9 Å². The molecule has 2 saturated carbocycles. The summed E-state index contributed by atoms with van der Waals surface area (Å²) < 4.78 is 1.57. The molecule has 2 aliphatic carbocycles. The van der Waals surface area contributed by atoms with Gasteiger partial charge in [-0.1, -0.05) is 12.1 Å². The van der Waals surface area contributed by atoms with Gasteiger partial charge in [0.25, 0.3) is 0 Å². The molecule has 8 heteroatoms. The summed E-state index contributed by atoms with van der Waals surface area (Å²) >= 11 is 0. The second-order valence-electron chi connectivity index (χ2n) is 10.4. The summed E-state index contributed by atoms with van der Waals surface area (Å²) in [7, 11) is 0. The molecule has 0 radical (unpaired) electrons. The van der Waals surface area contributed by atoms with Crippen LogP contribution in [0.15, 0.2) is 48.5 Å². The molecule has 186 valence electrons. The van der Waals surface area contributed by atoms with Crippen molar-refractivity contribution in [2.24, 2.45) is 0 Å². The van der Waals surface area contributed by atoms with Crippen LogP contribution < -0.4 is 11.1 Å². The molecule has 3 aliphatic rings. The third-order valence-electron chi connectivity index (χ3n) is 8.14. The van der Waals surface area contributed by atoms with E-state index in [4.69, 9.17) is 11.0 Å². The molecular weight excluding hydrogens is 448 g/mol. The van der Waals surface area contributed by atoms with E-state index in [1.165, 1.54) is 70.3 Å². The predicted octanol–water partition coefficient (Wildman–Crippen LogP) is 4.27. The molecule has 2 aromatic carbocycles. The van der Waals surface area contributed by atoms with Crippen molar-refractivity contribution in [3.05, 3.63) is 59.7 Å². The van der Waals surface area contributed by atoms with Crippen LogP contribution in [0.25, 0.3) is 5.69 Å². The summed E-state index contributed by atoms with van der Waals surface area (Å²) in [5, 5.41) is 16.8. The summed E-state index contributed by atoms with van der Waals surface area (Å²) in [4.78, 5) is 9.82. The topological polar surface area (TPSA) is 99.0 Å². The summed E-state index contributed by atoms with van der Waals surface area (Å²) in [6.45, 7) is 5.05. The largest absolute Gasteiger partial charge is 0.368 e. The number of piperazine rings is 1. The summed E-state index contributed by atoms with van der Waals surface area (Å²) in [5.41, 5.74) is 9.81. The van der Waals surface area contributed by atoms with Crippen molar-refractivity contribution in [1.29, 1.82) is 5.26 Å². The second kappa shape index (κ2) is 9.92. The first-order chi connectivity index (χ1) is 17.7. The number of nitrogen functional groups attached to an aromatic ring is 1. The van der Waals surface area contributed by atoms with E-state index in [0.29, 0.717) is 23.4 Å². The fourth-order valence-corrected chi connectivity index (χ4v) is 5.89. The van der Waals surface area contributed by atoms with Crippen molar-refractivity contribution in [1.82, 2.24) is 24.6 Å². The monoisotopic (exact) mass is 482 g/mol. The average molecular weight is 483 g/mol. The third-order valence-corrected chi connectivity index (χ3v) is 8.14. The number of anilines is 3. The molecule has 8 nitrogen and oxygen atoms in total. The van der Waals surface area contributed by atoms with E-state index < -0.39 is 0 Å². The fourth-order valence-electron chi connectivity index (χ4n) is 5.89. The van der Waals surface area contributed by atoms with Gasteiger partial charge in [0.15, 0.2) is 0 Å². The van der Waals surface area contributed by atoms with Gasteiger partial charge in [0.1, 0.15) is 0 Å². The van der Waals surface area contributed by atoms with Crippen LogP contribution in [0.1, 0.15) is 55.6 Å². The van der Waals surface area contributed by atoms with Gasteiger partial charge in [0, 0.05) is 44.0 Å². The Bertz CT molecular complexity index is 1210. The maximum Gasteiger partial charge on any atom is 0.248 e. The number of nitriles is 1. The summed E-state index contributed by atoms with van der Waals surface area (Å²) in [6.07, 6.45) is 8.01. The molecule has 2 heterocycles. The summed E-state index contributed by atoms with van der Waals surface area (Å²) in [5.74, 6) is 1.39. The molecule has 0 amide bonds. The van der Waals surface area contributed by atoms with E-state index in [1.54, 1.807) is 16.8 Å². The molecule has 3 N–H and O–H groups in total. The minimum atomic E-state index is 0.296. The minimum Gasteiger partial charge on any atom is -0.368 e. The summed E-state index contributed by atoms with van der Waals surface area (Å²) in [6, 6.07) is 19.6. The number of hydrogen-bond donors (Lipinski definition) is 2. The standard InChI is InChI=1S/C28H34N8/c29-19-20-1-9-26(10-2-20)36-27(30)32-28(33-36)31-23-7-3-21(4-8-23)22-5-11-24(12-6-22)34-15-17-35(18-16-34)25-13-14-25/h1-4,7-10,22,24-25H,5-6,11-18H2,(H3,30,31,32,33). The normalized spacial score (nSPS) is 23.3. The Morgan fingerprint density at radius 2 is 1.39 bits per heavy atom. The van der Waals surface area contributed by atoms with Gasteiger partial charge in [-0.3, -0.25) is 9.80 Å². The van der Waals surface area contributed by atoms with E-state index in [2.05, 4.69) is 55.5 Å². The number of nitrogens with two attached hydrogens (primary N) is 1. The highest BCUT2D eigenvalue weighted by molar-refractivity contribution is 5.55. The molecule has 0 atom stereocenters. The zero-order valence-corrected chi connectivity index (χ0v) is 20.7. The third kappa shape index (κ3) is 4.95. The Labute approximate surface area is 212 Å². The zero-order chi connectivity index (χ0) is 24.5. The quantitative estimate of drug-likeness (QED) is 0.541. The molecule has 36 heavy (non-hydrogen) atoms. The van der Waals surface area contributed by atoms with E-state index >= 15 is 0 Å². The Balaban J connectivity index is 1.03. The predicted molar refractivity (Wildman–Crippen MR) is 141 cm³/mol. The van der Waals surface area contributed by atoms with Gasteiger partial charge >= 0.3 is 0 Å². The lowest BCUT2D eigenvalue weighted by atomic mass is 9.81. The first-order valence-corrected chi connectivity index (χ1v) is 13.2. The van der Waals surface area contributed by atoms with Crippen LogP contribution in [-0.4, -0.2) is 62.8 Å². The lowest BCUT2D eigenvalue weighted by molar-refractivity contribution is 0.0724. The molecule has 0 unspecified atom stereocenters. The van der Waals surface area contributed by atoms with Crippen molar-refractivity contribution < 1.29 is 0 Å². The van der Waals surface area contributed by atoms with Gasteiger partial charge < -0.3 is 11.1 Å². The second-order valence-corrected chi connectivity index (χ2v) is 10.4. The van der Waals surface area contributed by atoms with Crippen molar-refractivity contribution in [2.45, 2.75) is 56.5 Å². The number of rotatable bonds is 6. The van der Waals surface area contributed by atoms with Gasteiger partial charge in [-0.15, -0.1) is 5.10 Å². The fraction of sp³-hybridized carbons (Fsp3) is 0.464. The van der Waals surface area contributed by atoms with Gasteiger partial charge in [0.05, 0.1) is 17.3 Å². The molecule has 3 aromatic rings. The molecule has 1 aromatic heterocycles. The van der Waals surface area contributed by atoms with Crippen molar-refractivity contribution >= 4 is 17.6 Å². The first-order valence-electron chi connectivity index (χ1n) is 13.2. The van der Waals surface area contributed by atoms with Gasteiger partial charge in [-0.05, 0) is 86.4 Å². The number of nitrogens with one attached hydrogen (secondary N) is 1. The zero-order valence-electron chi connectivity index (χ0n) is 20.7. The van der Waals surface area contributed by atoms with Crippen LogP contribution in [0, 0.1) is 11.3 Å². The molecule has 1 saturated heterocycles. The highest BCUT2D eigenvalue weighted by Gasteiger charge is 2.34. The number of nitrogens with zero attached hydrogens (tertiary/aromatic N) is 6. The molecule has 1 aliphatic heterocycles. The van der Waals surface area contributed by atoms with E-state index in [0.717, 1.165) is 23.5 Å². The lowest BCUT2D eigenvalue weighted by Crippen LogP contribution is -2.51. The Morgan fingerprint density at radius 3 is 1.94 bits per heavy atom. The molecule has 3 fully saturated rings.